The lowest BCUT2D eigenvalue weighted by Gasteiger charge is -2.36. The van der Waals surface area contributed by atoms with E-state index in [1.165, 1.54) is 30.6 Å². The molecular weight excluding hydrogens is 379 g/mol. The van der Waals surface area contributed by atoms with Crippen LogP contribution in [0.5, 0.6) is 0 Å². The summed E-state index contributed by atoms with van der Waals surface area (Å²) < 4.78 is 2.27. The summed E-state index contributed by atoms with van der Waals surface area (Å²) in [5, 5.41) is 0.817. The van der Waals surface area contributed by atoms with Gasteiger partial charge in [-0.3, -0.25) is 4.90 Å². The molecular formula is C21H26Cl2N4. The first kappa shape index (κ1) is 20.0. The van der Waals surface area contributed by atoms with Gasteiger partial charge in [0.1, 0.15) is 0 Å². The van der Waals surface area contributed by atoms with E-state index in [4.69, 9.17) is 11.6 Å². The molecule has 0 N–H and O–H groups in total. The maximum atomic E-state index is 6.11. The molecule has 0 atom stereocenters. The standard InChI is InChI=1S/C21H25ClN4.ClH/c22-18-6-5-7-19(16-18)25-14-12-24(13-15-25)10-3-4-11-26-17-23-20-8-1-2-9-21(20)26;/h1-2,5-9,16-17H,3-4,10-15H2;1H. The fraction of sp³-hybridized carbons (Fsp3) is 0.381. The van der Waals surface area contributed by atoms with E-state index in [9.17, 15) is 0 Å². The summed E-state index contributed by atoms with van der Waals surface area (Å²) in [4.78, 5) is 9.48. The van der Waals surface area contributed by atoms with Crippen molar-refractivity contribution in [2.45, 2.75) is 19.4 Å². The fourth-order valence-corrected chi connectivity index (χ4v) is 3.89. The maximum absolute atomic E-state index is 6.11. The maximum Gasteiger partial charge on any atom is 0.0958 e. The van der Waals surface area contributed by atoms with Gasteiger partial charge in [-0.25, -0.2) is 4.98 Å². The largest absolute Gasteiger partial charge is 0.369 e. The number of hydrogen-bond acceptors (Lipinski definition) is 3. The minimum Gasteiger partial charge on any atom is -0.369 e. The molecule has 0 radical (unpaired) electrons. The van der Waals surface area contributed by atoms with Crippen molar-refractivity contribution in [1.29, 1.82) is 0 Å². The minimum absolute atomic E-state index is 0. The number of nitrogens with zero attached hydrogens (tertiary/aromatic N) is 4. The third kappa shape index (κ3) is 4.95. The van der Waals surface area contributed by atoms with E-state index in [-0.39, 0.29) is 12.4 Å². The molecule has 4 rings (SSSR count). The zero-order valence-electron chi connectivity index (χ0n) is 15.4. The smallest absolute Gasteiger partial charge is 0.0958 e. The first-order valence-corrected chi connectivity index (χ1v) is 9.80. The third-order valence-corrected chi connectivity index (χ3v) is 5.43. The number of aryl methyl sites for hydroxylation is 1. The second kappa shape index (κ2) is 9.45. The number of halogens is 2. The SMILES string of the molecule is Cl.Clc1cccc(N2CCN(CCCCn3cnc4ccccc43)CC2)c1. The van der Waals surface area contributed by atoms with Crippen LogP contribution in [0.25, 0.3) is 11.0 Å². The summed E-state index contributed by atoms with van der Waals surface area (Å²) in [5.74, 6) is 0. The van der Waals surface area contributed by atoms with Gasteiger partial charge >= 0.3 is 0 Å². The molecule has 144 valence electrons. The van der Waals surface area contributed by atoms with Crippen molar-refractivity contribution >= 4 is 40.7 Å². The van der Waals surface area contributed by atoms with Crippen molar-refractivity contribution in [2.75, 3.05) is 37.6 Å². The molecule has 1 aliphatic heterocycles. The van der Waals surface area contributed by atoms with Crippen molar-refractivity contribution in [2.24, 2.45) is 0 Å². The van der Waals surface area contributed by atoms with E-state index in [1.807, 2.05) is 24.5 Å². The molecule has 1 saturated heterocycles. The Labute approximate surface area is 172 Å². The van der Waals surface area contributed by atoms with Crippen LogP contribution in [0, 0.1) is 0 Å². The Balaban J connectivity index is 0.00000210. The Hall–Kier alpha value is -1.75. The Morgan fingerprint density at radius 3 is 2.48 bits per heavy atom. The van der Waals surface area contributed by atoms with Crippen molar-refractivity contribution in [3.05, 3.63) is 59.9 Å². The monoisotopic (exact) mass is 404 g/mol. The summed E-state index contributed by atoms with van der Waals surface area (Å²) in [5.41, 5.74) is 3.57. The molecule has 4 nitrogen and oxygen atoms in total. The van der Waals surface area contributed by atoms with Crippen LogP contribution in [0.2, 0.25) is 5.02 Å². The number of imidazole rings is 1. The first-order chi connectivity index (χ1) is 12.8. The number of anilines is 1. The zero-order valence-corrected chi connectivity index (χ0v) is 17.0. The van der Waals surface area contributed by atoms with E-state index in [1.54, 1.807) is 0 Å². The van der Waals surface area contributed by atoms with Crippen LogP contribution in [-0.4, -0.2) is 47.2 Å². The molecule has 0 aliphatic carbocycles. The molecule has 0 saturated carbocycles. The van der Waals surface area contributed by atoms with Gasteiger partial charge in [0.2, 0.25) is 0 Å². The summed E-state index contributed by atoms with van der Waals surface area (Å²) in [6, 6.07) is 16.5. The van der Waals surface area contributed by atoms with Crippen molar-refractivity contribution in [3.63, 3.8) is 0 Å². The number of aromatic nitrogens is 2. The summed E-state index contributed by atoms with van der Waals surface area (Å²) in [7, 11) is 0. The van der Waals surface area contributed by atoms with Gasteiger partial charge < -0.3 is 9.47 Å². The minimum atomic E-state index is 0. The fourth-order valence-electron chi connectivity index (χ4n) is 3.71. The number of piperazine rings is 1. The molecule has 2 heterocycles. The Morgan fingerprint density at radius 1 is 0.889 bits per heavy atom. The lowest BCUT2D eigenvalue weighted by molar-refractivity contribution is 0.251. The van der Waals surface area contributed by atoms with Crippen molar-refractivity contribution < 1.29 is 0 Å². The van der Waals surface area contributed by atoms with E-state index in [0.717, 1.165) is 43.3 Å². The number of fused-ring (bicyclic) bond motifs is 1. The van der Waals surface area contributed by atoms with Crippen LogP contribution in [0.4, 0.5) is 5.69 Å². The Morgan fingerprint density at radius 2 is 1.67 bits per heavy atom. The highest BCUT2D eigenvalue weighted by Crippen LogP contribution is 2.21. The molecule has 0 spiro atoms. The highest BCUT2D eigenvalue weighted by atomic mass is 35.5. The highest BCUT2D eigenvalue weighted by molar-refractivity contribution is 6.30. The van der Waals surface area contributed by atoms with E-state index in [0.29, 0.717) is 0 Å². The zero-order chi connectivity index (χ0) is 17.8. The van der Waals surface area contributed by atoms with Gasteiger partial charge in [-0.1, -0.05) is 29.8 Å². The van der Waals surface area contributed by atoms with Crippen LogP contribution in [0.3, 0.4) is 0 Å². The normalized spacial score (nSPS) is 15.1. The summed E-state index contributed by atoms with van der Waals surface area (Å²) >= 11 is 6.11. The van der Waals surface area contributed by atoms with Gasteiger partial charge in [0.25, 0.3) is 0 Å². The number of unbranched alkanes of at least 4 members (excludes halogenated alkanes) is 1. The van der Waals surface area contributed by atoms with Gasteiger partial charge in [-0.15, -0.1) is 12.4 Å². The van der Waals surface area contributed by atoms with Crippen LogP contribution < -0.4 is 4.90 Å². The molecule has 0 bridgehead atoms. The third-order valence-electron chi connectivity index (χ3n) is 5.20. The topological polar surface area (TPSA) is 24.3 Å². The number of benzene rings is 2. The lowest BCUT2D eigenvalue weighted by atomic mass is 10.2. The average molecular weight is 405 g/mol. The first-order valence-electron chi connectivity index (χ1n) is 9.42. The van der Waals surface area contributed by atoms with Crippen LogP contribution in [0.15, 0.2) is 54.9 Å². The molecule has 0 unspecified atom stereocenters. The summed E-state index contributed by atoms with van der Waals surface area (Å²) in [6.07, 6.45) is 4.38. The molecule has 0 amide bonds. The highest BCUT2D eigenvalue weighted by Gasteiger charge is 2.16. The second-order valence-corrected chi connectivity index (χ2v) is 7.38. The lowest BCUT2D eigenvalue weighted by Crippen LogP contribution is -2.46. The van der Waals surface area contributed by atoms with Gasteiger partial charge in [0.05, 0.1) is 17.4 Å². The van der Waals surface area contributed by atoms with Gasteiger partial charge in [0, 0.05) is 43.4 Å². The van der Waals surface area contributed by atoms with Crippen LogP contribution in [0.1, 0.15) is 12.8 Å². The molecule has 1 fully saturated rings. The number of para-hydroxylation sites is 2. The molecule has 1 aromatic heterocycles. The van der Waals surface area contributed by atoms with E-state index in [2.05, 4.69) is 49.7 Å². The Kier molecular flexibility index (Phi) is 7.00. The van der Waals surface area contributed by atoms with Gasteiger partial charge in [0.15, 0.2) is 0 Å². The van der Waals surface area contributed by atoms with Crippen LogP contribution >= 0.6 is 24.0 Å². The second-order valence-electron chi connectivity index (χ2n) is 6.94. The molecule has 3 aromatic rings. The quantitative estimate of drug-likeness (QED) is 0.555. The Bertz CT molecular complexity index is 856. The van der Waals surface area contributed by atoms with Crippen molar-refractivity contribution in [1.82, 2.24) is 14.5 Å². The molecule has 27 heavy (non-hydrogen) atoms. The predicted octanol–water partition coefficient (Wildman–Crippen LogP) is 4.71. The summed E-state index contributed by atoms with van der Waals surface area (Å²) in [6.45, 7) is 6.62. The van der Waals surface area contributed by atoms with Gasteiger partial charge in [-0.05, 0) is 49.7 Å². The molecule has 2 aromatic carbocycles. The van der Waals surface area contributed by atoms with Gasteiger partial charge in [-0.2, -0.15) is 0 Å². The molecule has 6 heteroatoms. The number of hydrogen-bond donors (Lipinski definition) is 0. The van der Waals surface area contributed by atoms with E-state index < -0.39 is 0 Å². The van der Waals surface area contributed by atoms with Crippen molar-refractivity contribution in [3.8, 4) is 0 Å². The average Bonchev–Trinajstić information content (AvgIpc) is 3.09. The van der Waals surface area contributed by atoms with E-state index >= 15 is 0 Å². The van der Waals surface area contributed by atoms with Crippen LogP contribution in [-0.2, 0) is 6.54 Å². The molecule has 1 aliphatic rings. The predicted molar refractivity (Wildman–Crippen MR) is 116 cm³/mol. The number of rotatable bonds is 6.